The summed E-state index contributed by atoms with van der Waals surface area (Å²) in [4.78, 5) is 19.3. The first-order valence-corrected chi connectivity index (χ1v) is 8.06. The van der Waals surface area contributed by atoms with E-state index in [2.05, 4.69) is 9.55 Å². The molecule has 0 bridgehead atoms. The van der Waals surface area contributed by atoms with Crippen molar-refractivity contribution in [3.63, 3.8) is 0 Å². The second kappa shape index (κ2) is 6.09. The number of pyridine rings is 1. The zero-order valence-electron chi connectivity index (χ0n) is 13.6. The maximum atomic E-state index is 13.0. The first-order chi connectivity index (χ1) is 11.7. The second-order valence-corrected chi connectivity index (χ2v) is 6.08. The number of amides is 1. The van der Waals surface area contributed by atoms with E-state index < -0.39 is 0 Å². The topological polar surface area (TPSA) is 47.4 Å². The van der Waals surface area contributed by atoms with Gasteiger partial charge in [-0.3, -0.25) is 4.79 Å². The van der Waals surface area contributed by atoms with E-state index in [1.54, 1.807) is 13.2 Å². The van der Waals surface area contributed by atoms with Gasteiger partial charge in [-0.15, -0.1) is 0 Å². The van der Waals surface area contributed by atoms with Crippen molar-refractivity contribution in [1.29, 1.82) is 0 Å². The molecule has 122 valence electrons. The van der Waals surface area contributed by atoms with Crippen molar-refractivity contribution in [3.05, 3.63) is 66.1 Å². The maximum Gasteiger partial charge on any atom is 0.272 e. The molecule has 0 spiro atoms. The number of rotatable bonds is 2. The average Bonchev–Trinajstić information content (AvgIpc) is 2.98. The summed E-state index contributed by atoms with van der Waals surface area (Å²) in [6.07, 6.45) is 2.01. The third kappa shape index (κ3) is 2.67. The van der Waals surface area contributed by atoms with Gasteiger partial charge in [-0.05, 0) is 24.3 Å². The highest BCUT2D eigenvalue weighted by molar-refractivity contribution is 5.94. The number of carbonyl (C=O) groups is 1. The molecule has 5 heteroatoms. The van der Waals surface area contributed by atoms with Gasteiger partial charge in [0.2, 0.25) is 0 Å². The normalized spacial score (nSPS) is 17.5. The molecule has 0 aliphatic carbocycles. The summed E-state index contributed by atoms with van der Waals surface area (Å²) in [5.74, 6) is -0.0579. The van der Waals surface area contributed by atoms with Crippen LogP contribution in [0.15, 0.2) is 54.7 Å². The smallest absolute Gasteiger partial charge is 0.272 e. The van der Waals surface area contributed by atoms with Crippen LogP contribution in [0.2, 0.25) is 0 Å². The molecule has 0 N–H and O–H groups in total. The lowest BCUT2D eigenvalue weighted by atomic mass is 10.2. The summed E-state index contributed by atoms with van der Waals surface area (Å²) in [5.41, 5.74) is 2.43. The van der Waals surface area contributed by atoms with Crippen molar-refractivity contribution in [1.82, 2.24) is 14.5 Å². The van der Waals surface area contributed by atoms with Crippen LogP contribution in [0, 0.1) is 0 Å². The molecule has 0 saturated carbocycles. The fraction of sp³-hybridized carbons (Fsp3) is 0.263. The van der Waals surface area contributed by atoms with E-state index in [9.17, 15) is 4.79 Å². The minimum absolute atomic E-state index is 0.0249. The zero-order valence-corrected chi connectivity index (χ0v) is 13.6. The van der Waals surface area contributed by atoms with Crippen LogP contribution in [0.4, 0.5) is 0 Å². The minimum atomic E-state index is -0.0579. The van der Waals surface area contributed by atoms with Crippen molar-refractivity contribution in [2.24, 2.45) is 0 Å². The number of methoxy groups -OCH3 is 1. The van der Waals surface area contributed by atoms with Crippen LogP contribution in [0.25, 0.3) is 10.9 Å². The molecule has 1 aliphatic heterocycles. The Morgan fingerprint density at radius 2 is 2.00 bits per heavy atom. The van der Waals surface area contributed by atoms with E-state index in [0.29, 0.717) is 18.8 Å². The number of nitrogens with zero attached hydrogens (tertiary/aromatic N) is 3. The molecule has 24 heavy (non-hydrogen) atoms. The first kappa shape index (κ1) is 14.9. The van der Waals surface area contributed by atoms with Gasteiger partial charge in [0.05, 0.1) is 24.7 Å². The number of ether oxygens (including phenoxy) is 1. The van der Waals surface area contributed by atoms with E-state index in [1.165, 1.54) is 0 Å². The third-order valence-electron chi connectivity index (χ3n) is 4.54. The molecule has 2 aromatic heterocycles. The van der Waals surface area contributed by atoms with Crippen molar-refractivity contribution >= 4 is 16.8 Å². The number of fused-ring (bicyclic) bond motifs is 2. The molecular formula is C19H19N3O2. The molecular weight excluding hydrogens is 302 g/mol. The van der Waals surface area contributed by atoms with Crippen LogP contribution in [0.1, 0.15) is 16.2 Å². The summed E-state index contributed by atoms with van der Waals surface area (Å²) in [7, 11) is 1.69. The van der Waals surface area contributed by atoms with Gasteiger partial charge in [-0.25, -0.2) is 4.98 Å². The van der Waals surface area contributed by atoms with Gasteiger partial charge in [-0.1, -0.05) is 24.3 Å². The molecule has 3 heterocycles. The molecule has 1 atom stereocenters. The lowest BCUT2D eigenvalue weighted by molar-refractivity contribution is 0.0455. The molecule has 1 amide bonds. The monoisotopic (exact) mass is 321 g/mol. The third-order valence-corrected chi connectivity index (χ3v) is 4.54. The number of hydrogen-bond donors (Lipinski definition) is 0. The fourth-order valence-electron chi connectivity index (χ4n) is 3.21. The van der Waals surface area contributed by atoms with Crippen LogP contribution >= 0.6 is 0 Å². The number of hydrogen-bond acceptors (Lipinski definition) is 3. The van der Waals surface area contributed by atoms with E-state index in [1.807, 2.05) is 53.6 Å². The number of benzene rings is 1. The summed E-state index contributed by atoms with van der Waals surface area (Å²) in [6.45, 7) is 1.89. The molecule has 4 rings (SSSR count). The van der Waals surface area contributed by atoms with Crippen LogP contribution < -0.4 is 0 Å². The standard InChI is InChI=1S/C19H19N3O2/c1-24-16-12-21-10-4-6-15(21)11-22(13-16)19(23)18-9-8-14-5-2-3-7-17(14)20-18/h2-10,16H,11-13H2,1H3. The van der Waals surface area contributed by atoms with Crippen molar-refractivity contribution in [2.75, 3.05) is 13.7 Å². The Balaban J connectivity index is 1.66. The summed E-state index contributed by atoms with van der Waals surface area (Å²) in [6, 6.07) is 15.6. The molecule has 1 unspecified atom stereocenters. The Bertz CT molecular complexity index is 887. The maximum absolute atomic E-state index is 13.0. The van der Waals surface area contributed by atoms with Crippen molar-refractivity contribution < 1.29 is 9.53 Å². The summed E-state index contributed by atoms with van der Waals surface area (Å²) in [5, 5.41) is 1.04. The SMILES string of the molecule is COC1CN(C(=O)c2ccc3ccccc3n2)Cc2cccn2C1. The van der Waals surface area contributed by atoms with Crippen LogP contribution in [0.3, 0.4) is 0 Å². The van der Waals surface area contributed by atoms with Gasteiger partial charge < -0.3 is 14.2 Å². The van der Waals surface area contributed by atoms with Crippen LogP contribution in [0.5, 0.6) is 0 Å². The Kier molecular flexibility index (Phi) is 3.78. The number of aromatic nitrogens is 2. The Morgan fingerprint density at radius 3 is 2.88 bits per heavy atom. The van der Waals surface area contributed by atoms with Gasteiger partial charge in [0, 0.05) is 30.9 Å². The van der Waals surface area contributed by atoms with Gasteiger partial charge >= 0.3 is 0 Å². The van der Waals surface area contributed by atoms with Gasteiger partial charge in [0.1, 0.15) is 5.69 Å². The largest absolute Gasteiger partial charge is 0.378 e. The lowest BCUT2D eigenvalue weighted by Crippen LogP contribution is -2.37. The highest BCUT2D eigenvalue weighted by atomic mass is 16.5. The van der Waals surface area contributed by atoms with E-state index in [-0.39, 0.29) is 12.0 Å². The Morgan fingerprint density at radius 1 is 1.12 bits per heavy atom. The van der Waals surface area contributed by atoms with Gasteiger partial charge in [0.15, 0.2) is 0 Å². The first-order valence-electron chi connectivity index (χ1n) is 8.06. The van der Waals surface area contributed by atoms with Crippen molar-refractivity contribution in [2.45, 2.75) is 19.2 Å². The van der Waals surface area contributed by atoms with E-state index in [4.69, 9.17) is 4.74 Å². The number of carbonyl (C=O) groups excluding carboxylic acids is 1. The molecule has 1 aromatic carbocycles. The summed E-state index contributed by atoms with van der Waals surface area (Å²) >= 11 is 0. The van der Waals surface area contributed by atoms with Crippen LogP contribution in [-0.2, 0) is 17.8 Å². The Hall–Kier alpha value is -2.66. The predicted molar refractivity (Wildman–Crippen MR) is 91.7 cm³/mol. The highest BCUT2D eigenvalue weighted by Crippen LogP contribution is 2.18. The molecule has 0 radical (unpaired) electrons. The number of para-hydroxylation sites is 1. The Labute approximate surface area is 140 Å². The highest BCUT2D eigenvalue weighted by Gasteiger charge is 2.26. The minimum Gasteiger partial charge on any atom is -0.378 e. The molecule has 0 saturated heterocycles. The molecule has 1 aliphatic rings. The molecule has 5 nitrogen and oxygen atoms in total. The van der Waals surface area contributed by atoms with Crippen molar-refractivity contribution in [3.8, 4) is 0 Å². The van der Waals surface area contributed by atoms with Gasteiger partial charge in [0.25, 0.3) is 5.91 Å². The zero-order chi connectivity index (χ0) is 16.5. The predicted octanol–water partition coefficient (Wildman–Crippen LogP) is 2.71. The molecule has 0 fully saturated rings. The quantitative estimate of drug-likeness (QED) is 0.729. The van der Waals surface area contributed by atoms with Gasteiger partial charge in [-0.2, -0.15) is 0 Å². The second-order valence-electron chi connectivity index (χ2n) is 6.08. The summed E-state index contributed by atoms with van der Waals surface area (Å²) < 4.78 is 7.70. The van der Waals surface area contributed by atoms with Crippen LogP contribution in [-0.4, -0.2) is 40.1 Å². The fourth-order valence-corrected chi connectivity index (χ4v) is 3.21. The average molecular weight is 321 g/mol. The lowest BCUT2D eigenvalue weighted by Gasteiger charge is -2.23. The van der Waals surface area contributed by atoms with E-state index >= 15 is 0 Å². The van der Waals surface area contributed by atoms with E-state index in [0.717, 1.165) is 23.1 Å². The molecule has 3 aromatic rings.